The van der Waals surface area contributed by atoms with Crippen molar-refractivity contribution < 1.29 is 8.42 Å². The van der Waals surface area contributed by atoms with Gasteiger partial charge in [-0.1, -0.05) is 17.7 Å². The monoisotopic (exact) mass is 472 g/mol. The molecule has 1 rings (SSSR count). The molecular formula is C7H7I2O2PS2. The van der Waals surface area contributed by atoms with Crippen LogP contribution in [0.1, 0.15) is 5.56 Å². The number of aryl methyl sites for hydroxylation is 1. The van der Waals surface area contributed by atoms with E-state index in [1.54, 1.807) is 12.1 Å². The number of hydrogen-bond acceptors (Lipinski definition) is 3. The van der Waals surface area contributed by atoms with Crippen LogP contribution >= 0.6 is 56.9 Å². The fourth-order valence-corrected chi connectivity index (χ4v) is 16.1. The Kier molecular flexibility index (Phi) is 5.44. The lowest BCUT2D eigenvalue weighted by Crippen LogP contribution is -1.92. The number of halogens is 2. The van der Waals surface area contributed by atoms with E-state index in [0.29, 0.717) is 4.90 Å². The third-order valence-electron chi connectivity index (χ3n) is 1.46. The van der Waals surface area contributed by atoms with E-state index in [4.69, 9.17) is 0 Å². The van der Waals surface area contributed by atoms with Gasteiger partial charge < -0.3 is 0 Å². The van der Waals surface area contributed by atoms with Crippen LogP contribution in [0.4, 0.5) is 0 Å². The maximum absolute atomic E-state index is 11.7. The lowest BCUT2D eigenvalue weighted by molar-refractivity contribution is 0.611. The zero-order valence-electron chi connectivity index (χ0n) is 7.15. The van der Waals surface area contributed by atoms with E-state index in [9.17, 15) is 8.42 Å². The molecule has 0 radical (unpaired) electrons. The lowest BCUT2D eigenvalue weighted by Gasteiger charge is -2.03. The summed E-state index contributed by atoms with van der Waals surface area (Å²) < 4.78 is 22.9. The van der Waals surface area contributed by atoms with Crippen molar-refractivity contribution in [2.75, 3.05) is 0 Å². The van der Waals surface area contributed by atoms with E-state index in [1.165, 1.54) is 0 Å². The SMILES string of the molecule is Cc1ccc(S(=O)(=O)SP(I)I)cc1. The van der Waals surface area contributed by atoms with Crippen molar-refractivity contribution in [1.29, 1.82) is 0 Å². The maximum Gasteiger partial charge on any atom is 0.235 e. The molecule has 14 heavy (non-hydrogen) atoms. The van der Waals surface area contributed by atoms with Crippen LogP contribution in [0.3, 0.4) is 0 Å². The number of rotatable bonds is 3. The Balaban J connectivity index is 2.99. The fraction of sp³-hybridized carbons (Fsp3) is 0.143. The molecule has 2 nitrogen and oxygen atoms in total. The van der Waals surface area contributed by atoms with Gasteiger partial charge in [0, 0.05) is 10.4 Å². The highest BCUT2D eigenvalue weighted by molar-refractivity contribution is 14.3. The van der Waals surface area contributed by atoms with E-state index >= 15 is 0 Å². The molecule has 0 saturated carbocycles. The Morgan fingerprint density at radius 2 is 1.71 bits per heavy atom. The summed E-state index contributed by atoms with van der Waals surface area (Å²) in [7, 11) is -2.12. The van der Waals surface area contributed by atoms with Crippen LogP contribution in [-0.4, -0.2) is 8.42 Å². The van der Waals surface area contributed by atoms with Crippen molar-refractivity contribution >= 4 is 65.8 Å². The van der Waals surface area contributed by atoms with Crippen LogP contribution in [0.15, 0.2) is 29.2 Å². The first kappa shape index (κ1) is 13.5. The van der Waals surface area contributed by atoms with Gasteiger partial charge in [0.05, 0.1) is 7.30 Å². The van der Waals surface area contributed by atoms with Crippen molar-refractivity contribution in [2.45, 2.75) is 11.8 Å². The summed E-state index contributed by atoms with van der Waals surface area (Å²) in [5.74, 6) is 0. The highest BCUT2D eigenvalue weighted by atomic mass is 127. The van der Waals surface area contributed by atoms with Gasteiger partial charge in [0.15, 0.2) is 0 Å². The average molecular weight is 472 g/mol. The number of hydrogen-bond donors (Lipinski definition) is 0. The number of benzene rings is 1. The largest absolute Gasteiger partial charge is 0.235 e. The first-order chi connectivity index (χ1) is 6.42. The first-order valence-electron chi connectivity index (χ1n) is 3.55. The Hall–Kier alpha value is 1.41. The molecule has 0 saturated heterocycles. The predicted octanol–water partition coefficient (Wildman–Crippen LogP) is 4.51. The highest BCUT2D eigenvalue weighted by Crippen LogP contribution is 2.67. The Morgan fingerprint density at radius 3 is 2.14 bits per heavy atom. The third kappa shape index (κ3) is 4.11. The van der Waals surface area contributed by atoms with Crippen LogP contribution < -0.4 is 0 Å². The van der Waals surface area contributed by atoms with Gasteiger partial charge in [0.25, 0.3) is 0 Å². The second kappa shape index (κ2) is 5.65. The van der Waals surface area contributed by atoms with Gasteiger partial charge in [-0.2, -0.15) is 0 Å². The maximum atomic E-state index is 11.7. The summed E-state index contributed by atoms with van der Waals surface area (Å²) in [5.41, 5.74) is 1.07. The molecule has 0 aromatic heterocycles. The van der Waals surface area contributed by atoms with E-state index in [0.717, 1.165) is 16.0 Å². The van der Waals surface area contributed by atoms with Crippen LogP contribution in [0.25, 0.3) is 0 Å². The standard InChI is InChI=1S/C7H7I2O2PS2/c1-6-2-4-7(5-3-6)14(10,11)13-12(8)9/h2-5H,1H3. The van der Waals surface area contributed by atoms with Crippen LogP contribution in [0.2, 0.25) is 0 Å². The molecule has 0 aliphatic rings. The molecule has 0 unspecified atom stereocenters. The van der Waals surface area contributed by atoms with Gasteiger partial charge in [-0.25, -0.2) is 8.42 Å². The van der Waals surface area contributed by atoms with Gasteiger partial charge in [-0.3, -0.25) is 0 Å². The lowest BCUT2D eigenvalue weighted by atomic mass is 10.2. The van der Waals surface area contributed by atoms with Gasteiger partial charge in [-0.15, -0.1) is 0 Å². The average Bonchev–Trinajstić information content (AvgIpc) is 2.02. The molecule has 1 aromatic carbocycles. The normalized spacial score (nSPS) is 12.0. The second-order valence-electron chi connectivity index (χ2n) is 2.54. The van der Waals surface area contributed by atoms with E-state index in [-0.39, 0.29) is 0 Å². The molecule has 78 valence electrons. The van der Waals surface area contributed by atoms with E-state index in [2.05, 4.69) is 44.1 Å². The molecule has 0 aliphatic heterocycles. The van der Waals surface area contributed by atoms with E-state index < -0.39 is 11.3 Å². The molecule has 0 fully saturated rings. The molecule has 0 bridgehead atoms. The highest BCUT2D eigenvalue weighted by Gasteiger charge is 2.18. The van der Waals surface area contributed by atoms with Crippen molar-refractivity contribution in [3.05, 3.63) is 29.8 Å². The minimum absolute atomic E-state index is 0.397. The fourth-order valence-electron chi connectivity index (χ4n) is 0.822. The van der Waals surface area contributed by atoms with Crippen molar-refractivity contribution in [1.82, 2.24) is 0 Å². The molecule has 0 heterocycles. The summed E-state index contributed by atoms with van der Waals surface area (Å²) in [4.78, 5) is 0.397. The third-order valence-corrected chi connectivity index (χ3v) is 15.6. The molecular weight excluding hydrogens is 465 g/mol. The minimum atomic E-state index is -3.15. The van der Waals surface area contributed by atoms with E-state index in [1.807, 2.05) is 19.1 Å². The molecule has 1 aromatic rings. The van der Waals surface area contributed by atoms with Crippen LogP contribution in [0.5, 0.6) is 0 Å². The summed E-state index contributed by atoms with van der Waals surface area (Å²) in [6.45, 7) is 1.94. The second-order valence-corrected chi connectivity index (χ2v) is 23.9. The predicted molar refractivity (Wildman–Crippen MR) is 80.9 cm³/mol. The van der Waals surface area contributed by atoms with Crippen molar-refractivity contribution in [3.63, 3.8) is 0 Å². The van der Waals surface area contributed by atoms with Gasteiger partial charge in [0.1, 0.15) is 0 Å². The quantitative estimate of drug-likeness (QED) is 0.369. The minimum Gasteiger partial charge on any atom is -0.212 e. The molecule has 0 amide bonds. The molecule has 0 atom stereocenters. The molecule has 7 heteroatoms. The zero-order chi connectivity index (χ0) is 10.8. The smallest absolute Gasteiger partial charge is 0.212 e. The zero-order valence-corrected chi connectivity index (χ0v) is 14.0. The Labute approximate surface area is 114 Å². The van der Waals surface area contributed by atoms with Gasteiger partial charge in [0.2, 0.25) is 8.87 Å². The summed E-state index contributed by atoms with van der Waals surface area (Å²) >= 11 is 4.27. The Bertz CT molecular complexity index is 402. The summed E-state index contributed by atoms with van der Waals surface area (Å²) in [5, 5.41) is 0. The summed E-state index contributed by atoms with van der Waals surface area (Å²) in [6.07, 6.45) is 0. The van der Waals surface area contributed by atoms with Crippen LogP contribution in [-0.2, 0) is 8.87 Å². The van der Waals surface area contributed by atoms with Crippen molar-refractivity contribution in [3.8, 4) is 0 Å². The Morgan fingerprint density at radius 1 is 1.21 bits per heavy atom. The summed E-state index contributed by atoms with van der Waals surface area (Å²) in [6, 6.07) is 6.94. The van der Waals surface area contributed by atoms with Crippen molar-refractivity contribution in [2.24, 2.45) is 0 Å². The topological polar surface area (TPSA) is 34.1 Å². The molecule has 0 spiro atoms. The van der Waals surface area contributed by atoms with Gasteiger partial charge in [-0.05, 0) is 63.1 Å². The van der Waals surface area contributed by atoms with Crippen LogP contribution in [0, 0.1) is 6.92 Å². The van der Waals surface area contributed by atoms with Gasteiger partial charge >= 0.3 is 0 Å². The first-order valence-corrected chi connectivity index (χ1v) is 13.9. The molecule has 0 N–H and O–H groups in total. The molecule has 0 aliphatic carbocycles.